The van der Waals surface area contributed by atoms with Crippen molar-refractivity contribution >= 4 is 11.6 Å². The first-order valence-electron chi connectivity index (χ1n) is 6.83. The van der Waals surface area contributed by atoms with Gasteiger partial charge in [0.15, 0.2) is 0 Å². The molecule has 1 saturated heterocycles. The highest BCUT2D eigenvalue weighted by atomic mass is 35.5. The van der Waals surface area contributed by atoms with Gasteiger partial charge in [0.25, 0.3) is 0 Å². The second-order valence-electron chi connectivity index (χ2n) is 4.94. The van der Waals surface area contributed by atoms with Crippen LogP contribution in [0.3, 0.4) is 0 Å². The number of halogens is 1. The molecule has 1 aromatic carbocycles. The van der Waals surface area contributed by atoms with Gasteiger partial charge in [0, 0.05) is 25.1 Å². The molecule has 0 amide bonds. The maximum atomic E-state index is 6.03. The molecule has 0 saturated carbocycles. The van der Waals surface area contributed by atoms with Crippen molar-refractivity contribution in [2.45, 2.75) is 37.8 Å². The van der Waals surface area contributed by atoms with Crippen LogP contribution in [0.4, 0.5) is 0 Å². The third kappa shape index (κ3) is 4.60. The van der Waals surface area contributed by atoms with Crippen molar-refractivity contribution in [3.8, 4) is 0 Å². The monoisotopic (exact) mass is 267 g/mol. The van der Waals surface area contributed by atoms with E-state index in [-0.39, 0.29) is 0 Å². The van der Waals surface area contributed by atoms with Gasteiger partial charge in [-0.3, -0.25) is 0 Å². The molecule has 0 spiro atoms. The number of hydrogen-bond donors (Lipinski definition) is 1. The van der Waals surface area contributed by atoms with Gasteiger partial charge in [0.1, 0.15) is 0 Å². The van der Waals surface area contributed by atoms with E-state index in [4.69, 9.17) is 16.3 Å². The van der Waals surface area contributed by atoms with Gasteiger partial charge in [0.2, 0.25) is 0 Å². The molecular formula is C15H22ClNO. The zero-order valence-corrected chi connectivity index (χ0v) is 11.5. The Bertz CT molecular complexity index is 325. The maximum Gasteiger partial charge on any atom is 0.0699 e. The van der Waals surface area contributed by atoms with Crippen LogP contribution in [0.15, 0.2) is 30.3 Å². The summed E-state index contributed by atoms with van der Waals surface area (Å²) >= 11 is 6.03. The second-order valence-corrected chi connectivity index (χ2v) is 5.25. The van der Waals surface area contributed by atoms with Crippen molar-refractivity contribution in [1.82, 2.24) is 5.32 Å². The van der Waals surface area contributed by atoms with Gasteiger partial charge in [-0.2, -0.15) is 0 Å². The van der Waals surface area contributed by atoms with Gasteiger partial charge in [-0.1, -0.05) is 30.3 Å². The highest BCUT2D eigenvalue weighted by Gasteiger charge is 2.15. The van der Waals surface area contributed by atoms with E-state index in [1.807, 2.05) is 6.07 Å². The van der Waals surface area contributed by atoms with E-state index in [2.05, 4.69) is 29.6 Å². The topological polar surface area (TPSA) is 21.3 Å². The van der Waals surface area contributed by atoms with E-state index in [0.29, 0.717) is 18.0 Å². The van der Waals surface area contributed by atoms with Crippen LogP contribution in [0, 0.1) is 0 Å². The SMILES string of the molecule is ClCC(Cc1ccccc1)NCC1CCCCO1. The first kappa shape index (κ1) is 13.9. The number of nitrogens with one attached hydrogen (secondary N) is 1. The Morgan fingerprint density at radius 3 is 2.78 bits per heavy atom. The lowest BCUT2D eigenvalue weighted by Crippen LogP contribution is -2.40. The van der Waals surface area contributed by atoms with Crippen molar-refractivity contribution < 1.29 is 4.74 Å². The Balaban J connectivity index is 1.75. The molecule has 0 bridgehead atoms. The number of benzene rings is 1. The van der Waals surface area contributed by atoms with Crippen molar-refractivity contribution in [2.24, 2.45) is 0 Å². The van der Waals surface area contributed by atoms with Crippen LogP contribution in [-0.2, 0) is 11.2 Å². The second kappa shape index (κ2) is 7.78. The fraction of sp³-hybridized carbons (Fsp3) is 0.600. The zero-order valence-electron chi connectivity index (χ0n) is 10.8. The molecule has 0 aromatic heterocycles. The molecule has 100 valence electrons. The van der Waals surface area contributed by atoms with Gasteiger partial charge in [-0.15, -0.1) is 11.6 Å². The Morgan fingerprint density at radius 2 is 2.11 bits per heavy atom. The molecule has 0 aliphatic carbocycles. The molecule has 1 N–H and O–H groups in total. The van der Waals surface area contributed by atoms with E-state index in [1.54, 1.807) is 0 Å². The highest BCUT2D eigenvalue weighted by Crippen LogP contribution is 2.12. The Hall–Kier alpha value is -0.570. The van der Waals surface area contributed by atoms with Crippen LogP contribution in [0.5, 0.6) is 0 Å². The third-order valence-corrected chi connectivity index (χ3v) is 3.79. The first-order chi connectivity index (χ1) is 8.88. The molecule has 1 aliphatic heterocycles. The molecule has 1 fully saturated rings. The summed E-state index contributed by atoms with van der Waals surface area (Å²) in [5.41, 5.74) is 1.33. The van der Waals surface area contributed by atoms with Gasteiger partial charge in [-0.05, 0) is 31.2 Å². The predicted octanol–water partition coefficient (Wildman–Crippen LogP) is 3.00. The third-order valence-electron chi connectivity index (χ3n) is 3.42. The van der Waals surface area contributed by atoms with Crippen LogP contribution in [0.25, 0.3) is 0 Å². The molecule has 1 aromatic rings. The minimum absolute atomic E-state index is 0.333. The summed E-state index contributed by atoms with van der Waals surface area (Å²) in [5.74, 6) is 0.640. The van der Waals surface area contributed by atoms with E-state index in [1.165, 1.54) is 24.8 Å². The van der Waals surface area contributed by atoms with E-state index < -0.39 is 0 Å². The fourth-order valence-corrected chi connectivity index (χ4v) is 2.56. The van der Waals surface area contributed by atoms with Crippen molar-refractivity contribution in [1.29, 1.82) is 0 Å². The van der Waals surface area contributed by atoms with Crippen LogP contribution >= 0.6 is 11.6 Å². The van der Waals surface area contributed by atoms with E-state index in [0.717, 1.165) is 19.6 Å². The van der Waals surface area contributed by atoms with Crippen molar-refractivity contribution in [2.75, 3.05) is 19.0 Å². The Morgan fingerprint density at radius 1 is 1.28 bits per heavy atom. The molecule has 2 rings (SSSR count). The highest BCUT2D eigenvalue weighted by molar-refractivity contribution is 6.18. The van der Waals surface area contributed by atoms with E-state index >= 15 is 0 Å². The minimum atomic E-state index is 0.333. The Labute approximate surface area is 115 Å². The normalized spacial score (nSPS) is 21.7. The minimum Gasteiger partial charge on any atom is -0.377 e. The number of ether oxygens (including phenoxy) is 1. The zero-order chi connectivity index (χ0) is 12.6. The quantitative estimate of drug-likeness (QED) is 0.800. The average molecular weight is 268 g/mol. The summed E-state index contributed by atoms with van der Waals surface area (Å²) in [6.07, 6.45) is 5.03. The molecule has 2 atom stereocenters. The standard InChI is InChI=1S/C15H22ClNO/c16-11-14(10-13-6-2-1-3-7-13)17-12-15-8-4-5-9-18-15/h1-3,6-7,14-15,17H,4-5,8-12H2. The molecule has 2 unspecified atom stereocenters. The smallest absolute Gasteiger partial charge is 0.0699 e. The molecule has 3 heteroatoms. The lowest BCUT2D eigenvalue weighted by molar-refractivity contribution is 0.0157. The van der Waals surface area contributed by atoms with Gasteiger partial charge in [0.05, 0.1) is 6.10 Å². The largest absolute Gasteiger partial charge is 0.377 e. The van der Waals surface area contributed by atoms with Gasteiger partial charge < -0.3 is 10.1 Å². The number of rotatable bonds is 6. The predicted molar refractivity (Wildman–Crippen MR) is 76.2 cm³/mol. The molecule has 1 heterocycles. The summed E-state index contributed by atoms with van der Waals surface area (Å²) in [6.45, 7) is 1.83. The lowest BCUT2D eigenvalue weighted by Gasteiger charge is -2.25. The Kier molecular flexibility index (Phi) is 5.98. The van der Waals surface area contributed by atoms with Crippen molar-refractivity contribution in [3.63, 3.8) is 0 Å². The molecule has 0 radical (unpaired) electrons. The van der Waals surface area contributed by atoms with Crippen molar-refractivity contribution in [3.05, 3.63) is 35.9 Å². The fourth-order valence-electron chi connectivity index (χ4n) is 2.35. The summed E-state index contributed by atoms with van der Waals surface area (Å²) < 4.78 is 5.72. The number of hydrogen-bond acceptors (Lipinski definition) is 2. The summed E-state index contributed by atoms with van der Waals surface area (Å²) in [7, 11) is 0. The van der Waals surface area contributed by atoms with Crippen LogP contribution in [0.2, 0.25) is 0 Å². The van der Waals surface area contributed by atoms with Gasteiger partial charge in [-0.25, -0.2) is 0 Å². The van der Waals surface area contributed by atoms with Crippen LogP contribution in [-0.4, -0.2) is 31.2 Å². The number of alkyl halides is 1. The summed E-state index contributed by atoms with van der Waals surface area (Å²) in [5, 5.41) is 3.53. The van der Waals surface area contributed by atoms with Gasteiger partial charge >= 0.3 is 0 Å². The molecule has 1 aliphatic rings. The average Bonchev–Trinajstić information content (AvgIpc) is 2.45. The van der Waals surface area contributed by atoms with Crippen LogP contribution in [0.1, 0.15) is 24.8 Å². The maximum absolute atomic E-state index is 6.03. The van der Waals surface area contributed by atoms with Crippen LogP contribution < -0.4 is 5.32 Å². The summed E-state index contributed by atoms with van der Waals surface area (Å²) in [4.78, 5) is 0. The first-order valence-corrected chi connectivity index (χ1v) is 7.37. The molecule has 18 heavy (non-hydrogen) atoms. The lowest BCUT2D eigenvalue weighted by atomic mass is 10.1. The summed E-state index contributed by atoms with van der Waals surface area (Å²) in [6, 6.07) is 10.8. The molecular weight excluding hydrogens is 246 g/mol. The van der Waals surface area contributed by atoms with E-state index in [9.17, 15) is 0 Å². The molecule has 2 nitrogen and oxygen atoms in total.